The van der Waals surface area contributed by atoms with E-state index in [9.17, 15) is 0 Å². The van der Waals surface area contributed by atoms with Gasteiger partial charge < -0.3 is 14.4 Å². The third kappa shape index (κ3) is 2.68. The van der Waals surface area contributed by atoms with Crippen LogP contribution in [0.2, 0.25) is 0 Å². The minimum absolute atomic E-state index is 0.226. The molecule has 0 amide bonds. The van der Waals surface area contributed by atoms with E-state index in [2.05, 4.69) is 37.8 Å². The standard InChI is InChI=1S/C17H22N2O2/c1-11-8-16(19-9-12(2)21-13(3)10-19)18-17-14(11)6-5-7-15(17)20-4/h5-8,12-13H,9-10H2,1-4H3/t12-,13-/m0/s1. The van der Waals surface area contributed by atoms with Crippen LogP contribution in [0.3, 0.4) is 0 Å². The monoisotopic (exact) mass is 286 g/mol. The molecule has 1 aromatic carbocycles. The van der Waals surface area contributed by atoms with Crippen molar-refractivity contribution in [1.29, 1.82) is 0 Å². The summed E-state index contributed by atoms with van der Waals surface area (Å²) in [7, 11) is 1.69. The van der Waals surface area contributed by atoms with Crippen LogP contribution in [0.15, 0.2) is 24.3 Å². The lowest BCUT2D eigenvalue weighted by molar-refractivity contribution is -0.00544. The summed E-state index contributed by atoms with van der Waals surface area (Å²) in [4.78, 5) is 7.15. The van der Waals surface area contributed by atoms with Crippen molar-refractivity contribution in [3.63, 3.8) is 0 Å². The minimum Gasteiger partial charge on any atom is -0.494 e. The highest BCUT2D eigenvalue weighted by Gasteiger charge is 2.23. The molecule has 112 valence electrons. The maximum absolute atomic E-state index is 5.81. The van der Waals surface area contributed by atoms with Crippen LogP contribution in [-0.4, -0.2) is 37.4 Å². The fourth-order valence-corrected chi connectivity index (χ4v) is 3.07. The molecular formula is C17H22N2O2. The molecule has 4 heteroatoms. The van der Waals surface area contributed by atoms with Crippen LogP contribution < -0.4 is 9.64 Å². The van der Waals surface area contributed by atoms with Crippen LogP contribution in [0.4, 0.5) is 5.82 Å². The third-order valence-corrected chi connectivity index (χ3v) is 3.96. The molecule has 1 fully saturated rings. The molecule has 0 N–H and O–H groups in total. The van der Waals surface area contributed by atoms with Crippen molar-refractivity contribution < 1.29 is 9.47 Å². The van der Waals surface area contributed by atoms with Gasteiger partial charge in [0.05, 0.1) is 19.3 Å². The van der Waals surface area contributed by atoms with E-state index >= 15 is 0 Å². The molecule has 1 aromatic heterocycles. The van der Waals surface area contributed by atoms with Crippen molar-refractivity contribution >= 4 is 16.7 Å². The lowest BCUT2D eigenvalue weighted by atomic mass is 10.1. The Labute approximate surface area is 125 Å². The van der Waals surface area contributed by atoms with E-state index in [-0.39, 0.29) is 12.2 Å². The van der Waals surface area contributed by atoms with Crippen molar-refractivity contribution in [2.45, 2.75) is 33.0 Å². The highest BCUT2D eigenvalue weighted by atomic mass is 16.5. The predicted molar refractivity (Wildman–Crippen MR) is 85.3 cm³/mol. The van der Waals surface area contributed by atoms with Gasteiger partial charge in [-0.15, -0.1) is 0 Å². The average molecular weight is 286 g/mol. The maximum atomic E-state index is 5.81. The molecule has 21 heavy (non-hydrogen) atoms. The minimum atomic E-state index is 0.226. The Morgan fingerprint density at radius 1 is 1.24 bits per heavy atom. The third-order valence-electron chi connectivity index (χ3n) is 3.96. The van der Waals surface area contributed by atoms with Gasteiger partial charge in [-0.1, -0.05) is 12.1 Å². The number of morpholine rings is 1. The second-order valence-corrected chi connectivity index (χ2v) is 5.82. The Bertz CT molecular complexity index is 647. The van der Waals surface area contributed by atoms with Crippen molar-refractivity contribution in [3.05, 3.63) is 29.8 Å². The Hall–Kier alpha value is -1.81. The first kappa shape index (κ1) is 14.1. The second kappa shape index (κ2) is 5.53. The van der Waals surface area contributed by atoms with E-state index in [0.29, 0.717) is 0 Å². The fourth-order valence-electron chi connectivity index (χ4n) is 3.07. The zero-order valence-electron chi connectivity index (χ0n) is 13.1. The maximum Gasteiger partial charge on any atom is 0.145 e. The van der Waals surface area contributed by atoms with Crippen molar-refractivity contribution in [2.24, 2.45) is 0 Å². The highest BCUT2D eigenvalue weighted by Crippen LogP contribution is 2.30. The number of ether oxygens (including phenoxy) is 2. The summed E-state index contributed by atoms with van der Waals surface area (Å²) in [6.45, 7) is 8.09. The Morgan fingerprint density at radius 3 is 2.62 bits per heavy atom. The van der Waals surface area contributed by atoms with E-state index in [1.165, 1.54) is 5.56 Å². The fraction of sp³-hybridized carbons (Fsp3) is 0.471. The van der Waals surface area contributed by atoms with E-state index in [1.807, 2.05) is 12.1 Å². The molecule has 0 aliphatic carbocycles. The zero-order chi connectivity index (χ0) is 15.0. The van der Waals surface area contributed by atoms with Crippen LogP contribution in [0.5, 0.6) is 5.75 Å². The number of rotatable bonds is 2. The molecule has 3 rings (SSSR count). The van der Waals surface area contributed by atoms with Gasteiger partial charge in [0.25, 0.3) is 0 Å². The molecule has 2 heterocycles. The van der Waals surface area contributed by atoms with Gasteiger partial charge in [-0.3, -0.25) is 0 Å². The molecule has 1 saturated heterocycles. The predicted octanol–water partition coefficient (Wildman–Crippen LogP) is 3.17. The number of anilines is 1. The SMILES string of the molecule is COc1cccc2c(C)cc(N3C[C@H](C)O[C@@H](C)C3)nc12. The zero-order valence-corrected chi connectivity index (χ0v) is 13.1. The number of aryl methyl sites for hydroxylation is 1. The number of methoxy groups -OCH3 is 1. The summed E-state index contributed by atoms with van der Waals surface area (Å²) in [6.07, 6.45) is 0.452. The van der Waals surface area contributed by atoms with Gasteiger partial charge in [0.15, 0.2) is 0 Å². The number of aromatic nitrogens is 1. The number of benzene rings is 1. The topological polar surface area (TPSA) is 34.6 Å². The molecule has 2 atom stereocenters. The molecule has 0 bridgehead atoms. The van der Waals surface area contributed by atoms with Crippen LogP contribution in [0.1, 0.15) is 19.4 Å². The average Bonchev–Trinajstić information content (AvgIpc) is 2.45. The van der Waals surface area contributed by atoms with Gasteiger partial charge in [0.2, 0.25) is 0 Å². The number of fused-ring (bicyclic) bond motifs is 1. The van der Waals surface area contributed by atoms with E-state index in [0.717, 1.165) is 35.6 Å². The normalized spacial score (nSPS) is 22.6. The number of hydrogen-bond acceptors (Lipinski definition) is 4. The molecule has 1 aliphatic rings. The summed E-state index contributed by atoms with van der Waals surface area (Å²) in [5.74, 6) is 1.83. The molecule has 1 aliphatic heterocycles. The molecule has 0 spiro atoms. The van der Waals surface area contributed by atoms with Crippen molar-refractivity contribution in [2.75, 3.05) is 25.1 Å². The first-order valence-corrected chi connectivity index (χ1v) is 7.43. The van der Waals surface area contributed by atoms with Gasteiger partial charge in [-0.05, 0) is 38.5 Å². The molecule has 0 unspecified atom stereocenters. The Kier molecular flexibility index (Phi) is 3.72. The van der Waals surface area contributed by atoms with E-state index in [1.54, 1.807) is 7.11 Å². The summed E-state index contributed by atoms with van der Waals surface area (Å²) < 4.78 is 11.3. The molecule has 0 radical (unpaired) electrons. The Balaban J connectivity index is 2.07. The first-order chi connectivity index (χ1) is 10.1. The largest absolute Gasteiger partial charge is 0.494 e. The van der Waals surface area contributed by atoms with Gasteiger partial charge in [0, 0.05) is 18.5 Å². The number of nitrogens with zero attached hydrogens (tertiary/aromatic N) is 2. The molecule has 0 saturated carbocycles. The van der Waals surface area contributed by atoms with Gasteiger partial charge >= 0.3 is 0 Å². The summed E-state index contributed by atoms with van der Waals surface area (Å²) in [5, 5.41) is 1.15. The second-order valence-electron chi connectivity index (χ2n) is 5.82. The molecule has 2 aromatic rings. The van der Waals surface area contributed by atoms with Crippen molar-refractivity contribution in [3.8, 4) is 5.75 Å². The number of pyridine rings is 1. The quantitative estimate of drug-likeness (QED) is 0.849. The smallest absolute Gasteiger partial charge is 0.145 e. The first-order valence-electron chi connectivity index (χ1n) is 7.43. The van der Waals surface area contributed by atoms with Gasteiger partial charge in [-0.25, -0.2) is 4.98 Å². The lowest BCUT2D eigenvalue weighted by Crippen LogP contribution is -2.45. The number of hydrogen-bond donors (Lipinski definition) is 0. The summed E-state index contributed by atoms with van der Waals surface area (Å²) in [6, 6.07) is 8.22. The highest BCUT2D eigenvalue weighted by molar-refractivity contribution is 5.88. The van der Waals surface area contributed by atoms with E-state index < -0.39 is 0 Å². The van der Waals surface area contributed by atoms with Gasteiger partial charge in [-0.2, -0.15) is 0 Å². The Morgan fingerprint density at radius 2 is 1.95 bits per heavy atom. The van der Waals surface area contributed by atoms with Crippen LogP contribution >= 0.6 is 0 Å². The summed E-state index contributed by atoms with van der Waals surface area (Å²) >= 11 is 0. The van der Waals surface area contributed by atoms with E-state index in [4.69, 9.17) is 14.5 Å². The molecule has 4 nitrogen and oxygen atoms in total. The van der Waals surface area contributed by atoms with Gasteiger partial charge in [0.1, 0.15) is 17.1 Å². The number of para-hydroxylation sites is 1. The van der Waals surface area contributed by atoms with Crippen LogP contribution in [-0.2, 0) is 4.74 Å². The molecular weight excluding hydrogens is 264 g/mol. The van der Waals surface area contributed by atoms with Crippen molar-refractivity contribution in [1.82, 2.24) is 4.98 Å². The lowest BCUT2D eigenvalue weighted by Gasteiger charge is -2.36. The summed E-state index contributed by atoms with van der Waals surface area (Å²) in [5.41, 5.74) is 2.16. The van der Waals surface area contributed by atoms with Crippen LogP contribution in [0, 0.1) is 6.92 Å². The van der Waals surface area contributed by atoms with Crippen LogP contribution in [0.25, 0.3) is 10.9 Å².